The van der Waals surface area contributed by atoms with Gasteiger partial charge in [-0.1, -0.05) is 12.1 Å². The molecule has 0 saturated carbocycles. The first-order valence-corrected chi connectivity index (χ1v) is 8.21. The van der Waals surface area contributed by atoms with Gasteiger partial charge in [0.15, 0.2) is 0 Å². The minimum Gasteiger partial charge on any atom is -0.497 e. The van der Waals surface area contributed by atoms with Gasteiger partial charge in [0.25, 0.3) is 0 Å². The van der Waals surface area contributed by atoms with Gasteiger partial charge in [0.2, 0.25) is 0 Å². The van der Waals surface area contributed by atoms with E-state index >= 15 is 0 Å². The van der Waals surface area contributed by atoms with E-state index < -0.39 is 6.10 Å². The molecule has 0 aliphatic carbocycles. The van der Waals surface area contributed by atoms with Crippen molar-refractivity contribution in [3.8, 4) is 22.8 Å². The first-order valence-electron chi connectivity index (χ1n) is 8.21. The highest BCUT2D eigenvalue weighted by atomic mass is 16.5. The predicted octanol–water partition coefficient (Wildman–Crippen LogP) is 2.87. The van der Waals surface area contributed by atoms with E-state index in [1.165, 1.54) is 0 Å². The normalized spacial score (nSPS) is 12.1. The molecule has 1 aromatic heterocycles. The van der Waals surface area contributed by atoms with Crippen LogP contribution in [-0.2, 0) is 0 Å². The van der Waals surface area contributed by atoms with Crippen LogP contribution in [0.4, 0.5) is 0 Å². The van der Waals surface area contributed by atoms with Crippen LogP contribution in [0.25, 0.3) is 22.2 Å². The third-order valence-corrected chi connectivity index (χ3v) is 3.93. The van der Waals surface area contributed by atoms with Crippen LogP contribution in [0.1, 0.15) is 0 Å². The van der Waals surface area contributed by atoms with Gasteiger partial charge in [-0.3, -0.25) is 0 Å². The summed E-state index contributed by atoms with van der Waals surface area (Å²) in [6, 6.07) is 17.5. The van der Waals surface area contributed by atoms with Gasteiger partial charge < -0.3 is 19.9 Å². The van der Waals surface area contributed by atoms with Crippen molar-refractivity contribution >= 4 is 10.9 Å². The van der Waals surface area contributed by atoms with Gasteiger partial charge in [-0.05, 0) is 43.4 Å². The molecule has 25 heavy (non-hydrogen) atoms. The Morgan fingerprint density at radius 2 is 1.88 bits per heavy atom. The van der Waals surface area contributed by atoms with Crippen LogP contribution in [0.3, 0.4) is 0 Å². The maximum atomic E-state index is 9.91. The largest absolute Gasteiger partial charge is 0.497 e. The number of methoxy groups -OCH3 is 1. The number of hydrogen-bond donors (Lipinski definition) is 2. The second-order valence-corrected chi connectivity index (χ2v) is 5.77. The third kappa shape index (κ3) is 4.07. The fraction of sp³-hybridized carbons (Fsp3) is 0.250. The Bertz CT molecular complexity index is 834. The number of nitrogens with zero attached hydrogens (tertiary/aromatic N) is 1. The quantitative estimate of drug-likeness (QED) is 0.693. The standard InChI is InChI=1S/C20H22N2O3/c1-21-12-15(23)13-25-20-11-19(14-7-9-16(24-2)10-8-14)22-18-6-4-3-5-17(18)20/h3-11,15,21,23H,12-13H2,1-2H3. The van der Waals surface area contributed by atoms with Gasteiger partial charge in [-0.25, -0.2) is 4.98 Å². The van der Waals surface area contributed by atoms with Crippen LogP contribution in [0.5, 0.6) is 11.5 Å². The van der Waals surface area contributed by atoms with Gasteiger partial charge in [-0.15, -0.1) is 0 Å². The molecule has 0 radical (unpaired) electrons. The van der Waals surface area contributed by atoms with E-state index in [-0.39, 0.29) is 6.61 Å². The average molecular weight is 338 g/mol. The number of aliphatic hydroxyl groups is 1. The molecule has 0 aliphatic rings. The molecule has 5 heteroatoms. The van der Waals surface area contributed by atoms with E-state index in [1.807, 2.05) is 54.6 Å². The van der Waals surface area contributed by atoms with Gasteiger partial charge in [0, 0.05) is 23.6 Å². The highest BCUT2D eigenvalue weighted by molar-refractivity contribution is 5.87. The summed E-state index contributed by atoms with van der Waals surface area (Å²) in [4.78, 5) is 4.73. The molecule has 2 N–H and O–H groups in total. The lowest BCUT2D eigenvalue weighted by Gasteiger charge is -2.15. The molecule has 3 aromatic rings. The number of para-hydroxylation sites is 1. The summed E-state index contributed by atoms with van der Waals surface area (Å²) in [7, 11) is 3.44. The molecule has 2 aromatic carbocycles. The summed E-state index contributed by atoms with van der Waals surface area (Å²) in [6.07, 6.45) is -0.568. The molecule has 0 aliphatic heterocycles. The summed E-state index contributed by atoms with van der Waals surface area (Å²) < 4.78 is 11.1. The summed E-state index contributed by atoms with van der Waals surface area (Å²) in [6.45, 7) is 0.700. The molecule has 0 amide bonds. The Hall–Kier alpha value is -2.63. The number of ether oxygens (including phenoxy) is 2. The van der Waals surface area contributed by atoms with Crippen LogP contribution >= 0.6 is 0 Å². The maximum absolute atomic E-state index is 9.91. The second-order valence-electron chi connectivity index (χ2n) is 5.77. The molecule has 5 nitrogen and oxygen atoms in total. The Morgan fingerprint density at radius 3 is 2.60 bits per heavy atom. The number of likely N-dealkylation sites (N-methyl/N-ethyl adjacent to an activating group) is 1. The molecule has 0 saturated heterocycles. The molecule has 0 fully saturated rings. The first kappa shape index (κ1) is 17.2. The van der Waals surface area contributed by atoms with E-state index in [1.54, 1.807) is 14.2 Å². The van der Waals surface area contributed by atoms with Crippen LogP contribution in [-0.4, -0.2) is 43.5 Å². The van der Waals surface area contributed by atoms with Crippen LogP contribution < -0.4 is 14.8 Å². The molecule has 3 rings (SSSR count). The summed E-state index contributed by atoms with van der Waals surface area (Å²) >= 11 is 0. The number of aromatic nitrogens is 1. The maximum Gasteiger partial charge on any atom is 0.131 e. The van der Waals surface area contributed by atoms with Crippen molar-refractivity contribution in [1.82, 2.24) is 10.3 Å². The molecule has 1 unspecified atom stereocenters. The molecule has 1 heterocycles. The Labute approximate surface area is 147 Å². The van der Waals surface area contributed by atoms with Crippen molar-refractivity contribution in [1.29, 1.82) is 0 Å². The van der Waals surface area contributed by atoms with Gasteiger partial charge >= 0.3 is 0 Å². The zero-order valence-corrected chi connectivity index (χ0v) is 14.4. The number of aliphatic hydroxyl groups excluding tert-OH is 1. The number of benzene rings is 2. The minimum atomic E-state index is -0.568. The van der Waals surface area contributed by atoms with E-state index in [0.717, 1.165) is 27.9 Å². The van der Waals surface area contributed by atoms with Crippen LogP contribution in [0.2, 0.25) is 0 Å². The highest BCUT2D eigenvalue weighted by Crippen LogP contribution is 2.30. The Morgan fingerprint density at radius 1 is 1.12 bits per heavy atom. The van der Waals surface area contributed by atoms with Crippen molar-refractivity contribution < 1.29 is 14.6 Å². The second kappa shape index (κ2) is 7.96. The fourth-order valence-electron chi connectivity index (χ4n) is 2.65. The molecular weight excluding hydrogens is 316 g/mol. The van der Waals surface area contributed by atoms with Gasteiger partial charge in [-0.2, -0.15) is 0 Å². The molecule has 0 spiro atoms. The molecule has 1 atom stereocenters. The highest BCUT2D eigenvalue weighted by Gasteiger charge is 2.11. The number of nitrogens with one attached hydrogen (secondary N) is 1. The number of hydrogen-bond acceptors (Lipinski definition) is 5. The lowest BCUT2D eigenvalue weighted by atomic mass is 10.1. The van der Waals surface area contributed by atoms with Crippen molar-refractivity contribution in [2.45, 2.75) is 6.10 Å². The monoisotopic (exact) mass is 338 g/mol. The van der Waals surface area contributed by atoms with Gasteiger partial charge in [0.1, 0.15) is 24.2 Å². The smallest absolute Gasteiger partial charge is 0.131 e. The Balaban J connectivity index is 1.96. The molecule has 0 bridgehead atoms. The SMILES string of the molecule is CNCC(O)COc1cc(-c2ccc(OC)cc2)nc2ccccc12. The first-order chi connectivity index (χ1) is 12.2. The lowest BCUT2D eigenvalue weighted by molar-refractivity contribution is 0.109. The number of fused-ring (bicyclic) bond motifs is 1. The predicted molar refractivity (Wildman–Crippen MR) is 99.2 cm³/mol. The van der Waals surface area contributed by atoms with Crippen molar-refractivity contribution in [2.75, 3.05) is 27.3 Å². The van der Waals surface area contributed by atoms with Crippen LogP contribution in [0, 0.1) is 0 Å². The zero-order valence-electron chi connectivity index (χ0n) is 14.4. The van der Waals surface area contributed by atoms with Gasteiger partial charge in [0.05, 0.1) is 18.3 Å². The summed E-state index contributed by atoms with van der Waals surface area (Å²) in [5, 5.41) is 13.8. The summed E-state index contributed by atoms with van der Waals surface area (Å²) in [5.74, 6) is 1.52. The number of rotatable bonds is 7. The lowest BCUT2D eigenvalue weighted by Crippen LogP contribution is -2.29. The van der Waals surface area contributed by atoms with E-state index in [4.69, 9.17) is 14.5 Å². The van der Waals surface area contributed by atoms with Crippen molar-refractivity contribution in [2.24, 2.45) is 0 Å². The zero-order chi connectivity index (χ0) is 17.6. The topological polar surface area (TPSA) is 63.6 Å². The van der Waals surface area contributed by atoms with E-state index in [9.17, 15) is 5.11 Å². The number of pyridine rings is 1. The van der Waals surface area contributed by atoms with E-state index in [2.05, 4.69) is 5.32 Å². The van der Waals surface area contributed by atoms with Crippen molar-refractivity contribution in [3.05, 3.63) is 54.6 Å². The van der Waals surface area contributed by atoms with E-state index in [0.29, 0.717) is 12.3 Å². The van der Waals surface area contributed by atoms with Crippen LogP contribution in [0.15, 0.2) is 54.6 Å². The summed E-state index contributed by atoms with van der Waals surface area (Å²) in [5.41, 5.74) is 2.65. The fourth-order valence-corrected chi connectivity index (χ4v) is 2.65. The molecular formula is C20H22N2O3. The molecule has 130 valence electrons. The minimum absolute atomic E-state index is 0.219. The Kier molecular flexibility index (Phi) is 5.48. The third-order valence-electron chi connectivity index (χ3n) is 3.93. The van der Waals surface area contributed by atoms with Crippen molar-refractivity contribution in [3.63, 3.8) is 0 Å². The average Bonchev–Trinajstić information content (AvgIpc) is 2.66.